The van der Waals surface area contributed by atoms with Crippen molar-refractivity contribution in [3.05, 3.63) is 0 Å². The van der Waals surface area contributed by atoms with Crippen molar-refractivity contribution in [1.29, 1.82) is 0 Å². The highest BCUT2D eigenvalue weighted by Gasteiger charge is 2.59. The monoisotopic (exact) mass is 264 g/mol. The van der Waals surface area contributed by atoms with Crippen LogP contribution in [0.3, 0.4) is 0 Å². The predicted molar refractivity (Wildman–Crippen MR) is 70.8 cm³/mol. The van der Waals surface area contributed by atoms with E-state index in [4.69, 9.17) is 4.74 Å². The van der Waals surface area contributed by atoms with Crippen molar-refractivity contribution in [2.75, 3.05) is 0 Å². The van der Waals surface area contributed by atoms with Crippen LogP contribution >= 0.6 is 0 Å². The number of hydrogen-bond donors (Lipinski definition) is 1. The van der Waals surface area contributed by atoms with Gasteiger partial charge >= 0.3 is 5.97 Å². The fourth-order valence-electron chi connectivity index (χ4n) is 5.19. The summed E-state index contributed by atoms with van der Waals surface area (Å²) in [7, 11) is 0. The molecule has 1 N–H and O–H groups in total. The van der Waals surface area contributed by atoms with Crippen LogP contribution in [0.25, 0.3) is 0 Å². The van der Waals surface area contributed by atoms with Crippen molar-refractivity contribution in [2.45, 2.75) is 75.9 Å². The quantitative estimate of drug-likeness (QED) is 0.850. The molecule has 3 heteroatoms. The summed E-state index contributed by atoms with van der Waals surface area (Å²) in [5.41, 5.74) is -0.297. The first-order chi connectivity index (χ1) is 9.11. The van der Waals surface area contributed by atoms with Gasteiger partial charge in [-0.15, -0.1) is 0 Å². The van der Waals surface area contributed by atoms with E-state index in [2.05, 4.69) is 0 Å². The average Bonchev–Trinajstić information content (AvgIpc) is 2.81. The minimum atomic E-state index is -0.560. The smallest absolute Gasteiger partial charge is 0.309 e. The summed E-state index contributed by atoms with van der Waals surface area (Å²) in [5.74, 6) is 0.881. The molecule has 3 aliphatic carbocycles. The lowest BCUT2D eigenvalue weighted by atomic mass is 9.77. The Kier molecular flexibility index (Phi) is 2.55. The number of carboxylic acid groups (broad SMARTS) is 1. The molecule has 106 valence electrons. The molecule has 0 aromatic heterocycles. The van der Waals surface area contributed by atoms with E-state index in [1.807, 2.05) is 0 Å². The van der Waals surface area contributed by atoms with Crippen molar-refractivity contribution in [1.82, 2.24) is 0 Å². The molecule has 1 aliphatic heterocycles. The molecule has 4 rings (SSSR count). The summed E-state index contributed by atoms with van der Waals surface area (Å²) < 4.78 is 6.33. The van der Waals surface area contributed by atoms with Gasteiger partial charge in [-0.1, -0.05) is 12.8 Å². The van der Waals surface area contributed by atoms with E-state index in [-0.39, 0.29) is 11.7 Å². The molecule has 0 aromatic carbocycles. The van der Waals surface area contributed by atoms with Crippen LogP contribution in [0.1, 0.15) is 64.2 Å². The van der Waals surface area contributed by atoms with Gasteiger partial charge in [0.25, 0.3) is 0 Å². The van der Waals surface area contributed by atoms with Crippen LogP contribution in [-0.4, -0.2) is 22.8 Å². The van der Waals surface area contributed by atoms with Gasteiger partial charge in [0, 0.05) is 0 Å². The third-order valence-electron chi connectivity index (χ3n) is 6.30. The van der Waals surface area contributed by atoms with Crippen molar-refractivity contribution in [3.63, 3.8) is 0 Å². The Bertz CT molecular complexity index is 387. The molecular weight excluding hydrogens is 240 g/mol. The highest BCUT2D eigenvalue weighted by atomic mass is 16.5. The van der Waals surface area contributed by atoms with E-state index in [9.17, 15) is 9.90 Å². The Balaban J connectivity index is 1.44. The van der Waals surface area contributed by atoms with E-state index in [1.165, 1.54) is 38.5 Å². The Morgan fingerprint density at radius 2 is 1.84 bits per heavy atom. The molecule has 0 amide bonds. The van der Waals surface area contributed by atoms with Gasteiger partial charge in [-0.2, -0.15) is 0 Å². The van der Waals surface area contributed by atoms with Crippen LogP contribution in [0.2, 0.25) is 0 Å². The van der Waals surface area contributed by atoms with Crippen LogP contribution < -0.4 is 0 Å². The van der Waals surface area contributed by atoms with Gasteiger partial charge in [-0.05, 0) is 63.2 Å². The number of fused-ring (bicyclic) bond motifs is 1. The van der Waals surface area contributed by atoms with Crippen LogP contribution in [0.15, 0.2) is 0 Å². The highest BCUT2D eigenvalue weighted by Crippen LogP contribution is 2.62. The molecule has 3 saturated carbocycles. The summed E-state index contributed by atoms with van der Waals surface area (Å²) >= 11 is 0. The van der Waals surface area contributed by atoms with E-state index in [0.717, 1.165) is 37.5 Å². The van der Waals surface area contributed by atoms with Crippen molar-refractivity contribution in [3.8, 4) is 0 Å². The number of ether oxygens (including phenoxy) is 1. The lowest BCUT2D eigenvalue weighted by Crippen LogP contribution is -2.35. The van der Waals surface area contributed by atoms with Crippen LogP contribution in [0.5, 0.6) is 0 Å². The number of rotatable bonds is 3. The van der Waals surface area contributed by atoms with E-state index >= 15 is 0 Å². The van der Waals surface area contributed by atoms with Gasteiger partial charge in [0.2, 0.25) is 0 Å². The van der Waals surface area contributed by atoms with Gasteiger partial charge in [0.1, 0.15) is 0 Å². The molecule has 0 radical (unpaired) electrons. The van der Waals surface area contributed by atoms with Crippen LogP contribution in [-0.2, 0) is 9.53 Å². The second-order valence-electron chi connectivity index (χ2n) is 7.62. The van der Waals surface area contributed by atoms with Gasteiger partial charge in [-0.25, -0.2) is 0 Å². The summed E-state index contributed by atoms with van der Waals surface area (Å²) in [6.07, 6.45) is 11.4. The first-order valence-corrected chi connectivity index (χ1v) is 8.02. The van der Waals surface area contributed by atoms with Crippen LogP contribution in [0, 0.1) is 17.3 Å². The summed E-state index contributed by atoms with van der Waals surface area (Å²) in [6.45, 7) is 0. The largest absolute Gasteiger partial charge is 0.481 e. The Morgan fingerprint density at radius 1 is 1.16 bits per heavy atom. The Hall–Kier alpha value is -0.570. The molecular formula is C16H24O3. The molecule has 4 aliphatic rings. The molecule has 4 fully saturated rings. The van der Waals surface area contributed by atoms with E-state index in [1.54, 1.807) is 0 Å². The van der Waals surface area contributed by atoms with Crippen molar-refractivity contribution < 1.29 is 14.6 Å². The lowest BCUT2D eigenvalue weighted by Gasteiger charge is -2.30. The first-order valence-electron chi connectivity index (χ1n) is 8.02. The average molecular weight is 264 g/mol. The van der Waals surface area contributed by atoms with Crippen LogP contribution in [0.4, 0.5) is 0 Å². The number of carboxylic acids is 1. The number of carbonyl (C=O) groups is 1. The van der Waals surface area contributed by atoms with Crippen molar-refractivity contribution >= 4 is 5.97 Å². The molecule has 0 aromatic rings. The fraction of sp³-hybridized carbons (Fsp3) is 0.938. The Morgan fingerprint density at radius 3 is 2.47 bits per heavy atom. The maximum atomic E-state index is 11.7. The summed E-state index contributed by atoms with van der Waals surface area (Å²) in [6, 6.07) is 0. The molecule has 1 saturated heterocycles. The van der Waals surface area contributed by atoms with Gasteiger partial charge < -0.3 is 9.84 Å². The fourth-order valence-corrected chi connectivity index (χ4v) is 5.19. The summed E-state index contributed by atoms with van der Waals surface area (Å²) in [5, 5.41) is 9.66. The summed E-state index contributed by atoms with van der Waals surface area (Å²) in [4.78, 5) is 11.7. The SMILES string of the molecule is O=C(O)C1(CC2CCC3(CCCC3)O2)CC2CC2C1. The Labute approximate surface area is 114 Å². The highest BCUT2D eigenvalue weighted by molar-refractivity contribution is 5.75. The maximum Gasteiger partial charge on any atom is 0.309 e. The topological polar surface area (TPSA) is 46.5 Å². The lowest BCUT2D eigenvalue weighted by molar-refractivity contribution is -0.153. The van der Waals surface area contributed by atoms with Gasteiger partial charge in [0.05, 0.1) is 17.1 Å². The van der Waals surface area contributed by atoms with Gasteiger partial charge in [-0.3, -0.25) is 4.79 Å². The zero-order valence-corrected chi connectivity index (χ0v) is 11.6. The maximum absolute atomic E-state index is 11.7. The van der Waals surface area contributed by atoms with Crippen molar-refractivity contribution in [2.24, 2.45) is 17.3 Å². The normalized spacial score (nSPS) is 46.6. The van der Waals surface area contributed by atoms with E-state index < -0.39 is 11.4 Å². The zero-order chi connectivity index (χ0) is 13.1. The third kappa shape index (κ3) is 1.93. The molecule has 1 heterocycles. The number of hydrogen-bond acceptors (Lipinski definition) is 2. The second-order valence-corrected chi connectivity index (χ2v) is 7.62. The zero-order valence-electron chi connectivity index (χ0n) is 11.6. The molecule has 19 heavy (non-hydrogen) atoms. The minimum absolute atomic E-state index is 0.145. The molecule has 1 spiro atoms. The minimum Gasteiger partial charge on any atom is -0.481 e. The van der Waals surface area contributed by atoms with E-state index in [0.29, 0.717) is 0 Å². The predicted octanol–water partition coefficient (Wildman–Crippen LogP) is 3.37. The molecule has 3 nitrogen and oxygen atoms in total. The third-order valence-corrected chi connectivity index (χ3v) is 6.30. The number of aliphatic carboxylic acids is 1. The van der Waals surface area contributed by atoms with Gasteiger partial charge in [0.15, 0.2) is 0 Å². The first kappa shape index (κ1) is 12.2. The standard InChI is InChI=1S/C16H24O3/c17-14(18)15(8-11-7-12(11)9-15)10-13-3-6-16(19-13)4-1-2-5-16/h11-13H,1-10H2,(H,17,18). The molecule has 3 unspecified atom stereocenters. The second kappa shape index (κ2) is 3.97. The molecule has 3 atom stereocenters. The molecule has 0 bridgehead atoms.